The molecule has 0 saturated heterocycles. The SMILES string of the molecule is O=[N+]([O-])c1ccc(N=N/C(=N\Nc2ccccc2)c2ccccc2)cc1. The minimum Gasteiger partial charge on any atom is -0.276 e. The van der Waals surface area contributed by atoms with Crippen molar-refractivity contribution in [2.24, 2.45) is 15.3 Å². The topological polar surface area (TPSA) is 92.2 Å². The Morgan fingerprint density at radius 2 is 1.46 bits per heavy atom. The van der Waals surface area contributed by atoms with E-state index in [1.807, 2.05) is 60.7 Å². The predicted octanol–water partition coefficient (Wildman–Crippen LogP) is 5.15. The Bertz CT molecular complexity index is 923. The molecule has 1 N–H and O–H groups in total. The van der Waals surface area contributed by atoms with Crippen LogP contribution in [0.2, 0.25) is 0 Å². The number of nitro groups is 1. The molecule has 0 aliphatic rings. The van der Waals surface area contributed by atoms with Crippen LogP contribution in [0.4, 0.5) is 17.1 Å². The number of rotatable bonds is 5. The molecule has 26 heavy (non-hydrogen) atoms. The van der Waals surface area contributed by atoms with Crippen molar-refractivity contribution in [1.82, 2.24) is 0 Å². The number of hydrazone groups is 1. The maximum atomic E-state index is 10.7. The Hall–Kier alpha value is -3.87. The summed E-state index contributed by atoms with van der Waals surface area (Å²) in [5.41, 5.74) is 5.07. The van der Waals surface area contributed by atoms with Crippen LogP contribution in [0.1, 0.15) is 5.56 Å². The molecule has 3 rings (SSSR count). The molecule has 3 aromatic rings. The molecule has 0 bridgehead atoms. The van der Waals surface area contributed by atoms with E-state index in [9.17, 15) is 10.1 Å². The molecule has 128 valence electrons. The van der Waals surface area contributed by atoms with Gasteiger partial charge in [-0.1, -0.05) is 48.5 Å². The summed E-state index contributed by atoms with van der Waals surface area (Å²) in [6, 6.07) is 24.8. The van der Waals surface area contributed by atoms with Gasteiger partial charge in [0.15, 0.2) is 0 Å². The summed E-state index contributed by atoms with van der Waals surface area (Å²) in [6.45, 7) is 0. The number of nitrogens with zero attached hydrogens (tertiary/aromatic N) is 4. The number of non-ortho nitro benzene ring substituents is 1. The number of benzene rings is 3. The second-order valence-corrected chi connectivity index (χ2v) is 5.25. The van der Waals surface area contributed by atoms with E-state index in [1.54, 1.807) is 0 Å². The predicted molar refractivity (Wildman–Crippen MR) is 101 cm³/mol. The highest BCUT2D eigenvalue weighted by atomic mass is 16.6. The third-order valence-electron chi connectivity index (χ3n) is 3.42. The van der Waals surface area contributed by atoms with Gasteiger partial charge in [-0.25, -0.2) is 0 Å². The van der Waals surface area contributed by atoms with Crippen LogP contribution in [-0.4, -0.2) is 10.8 Å². The Labute approximate surface area is 149 Å². The molecule has 0 unspecified atom stereocenters. The summed E-state index contributed by atoms with van der Waals surface area (Å²) in [5, 5.41) is 23.4. The molecule has 0 spiro atoms. The Kier molecular flexibility index (Phi) is 5.41. The molecule has 7 heteroatoms. The van der Waals surface area contributed by atoms with E-state index in [4.69, 9.17) is 0 Å². The van der Waals surface area contributed by atoms with Crippen LogP contribution in [0.25, 0.3) is 0 Å². The lowest BCUT2D eigenvalue weighted by molar-refractivity contribution is -0.384. The monoisotopic (exact) mass is 345 g/mol. The molecule has 0 amide bonds. The number of nitro benzene ring substituents is 1. The smallest absolute Gasteiger partial charge is 0.269 e. The van der Waals surface area contributed by atoms with Gasteiger partial charge in [0, 0.05) is 17.7 Å². The molecule has 0 radical (unpaired) electrons. The van der Waals surface area contributed by atoms with Crippen LogP contribution in [0.5, 0.6) is 0 Å². The molecule has 0 fully saturated rings. The summed E-state index contributed by atoms with van der Waals surface area (Å²) >= 11 is 0. The van der Waals surface area contributed by atoms with E-state index >= 15 is 0 Å². The second-order valence-electron chi connectivity index (χ2n) is 5.25. The molecular formula is C19H15N5O2. The summed E-state index contributed by atoms with van der Waals surface area (Å²) in [4.78, 5) is 10.3. The van der Waals surface area contributed by atoms with Gasteiger partial charge in [0.2, 0.25) is 5.84 Å². The Morgan fingerprint density at radius 3 is 2.08 bits per heavy atom. The maximum Gasteiger partial charge on any atom is 0.269 e. The fourth-order valence-electron chi connectivity index (χ4n) is 2.11. The Morgan fingerprint density at radius 1 is 0.846 bits per heavy atom. The lowest BCUT2D eigenvalue weighted by atomic mass is 10.2. The molecule has 0 atom stereocenters. The number of anilines is 1. The molecule has 0 aromatic heterocycles. The molecule has 7 nitrogen and oxygen atoms in total. The normalized spacial score (nSPS) is 11.5. The van der Waals surface area contributed by atoms with Crippen molar-refractivity contribution in [3.05, 3.63) is 101 Å². The fourth-order valence-corrected chi connectivity index (χ4v) is 2.11. The van der Waals surface area contributed by atoms with E-state index in [2.05, 4.69) is 20.8 Å². The summed E-state index contributed by atoms with van der Waals surface area (Å²) in [5.74, 6) is 0.396. The van der Waals surface area contributed by atoms with E-state index in [0.29, 0.717) is 11.5 Å². The van der Waals surface area contributed by atoms with Gasteiger partial charge in [-0.15, -0.1) is 10.2 Å². The van der Waals surface area contributed by atoms with Gasteiger partial charge < -0.3 is 0 Å². The summed E-state index contributed by atoms with van der Waals surface area (Å²) in [7, 11) is 0. The van der Waals surface area contributed by atoms with Gasteiger partial charge in [0.25, 0.3) is 5.69 Å². The van der Waals surface area contributed by atoms with Crippen molar-refractivity contribution >= 4 is 22.9 Å². The van der Waals surface area contributed by atoms with E-state index in [-0.39, 0.29) is 5.69 Å². The first-order valence-corrected chi connectivity index (χ1v) is 7.83. The van der Waals surface area contributed by atoms with Crippen molar-refractivity contribution in [3.8, 4) is 0 Å². The van der Waals surface area contributed by atoms with Crippen molar-refractivity contribution < 1.29 is 4.92 Å². The van der Waals surface area contributed by atoms with Crippen LogP contribution >= 0.6 is 0 Å². The molecule has 0 saturated carbocycles. The van der Waals surface area contributed by atoms with Crippen LogP contribution in [0.3, 0.4) is 0 Å². The number of azo groups is 1. The average Bonchev–Trinajstić information content (AvgIpc) is 2.70. The highest BCUT2D eigenvalue weighted by molar-refractivity contribution is 5.99. The molecular weight excluding hydrogens is 330 g/mol. The van der Waals surface area contributed by atoms with Gasteiger partial charge in [0.1, 0.15) is 0 Å². The first kappa shape index (κ1) is 17.0. The number of hydrogen-bond acceptors (Lipinski definition) is 5. The molecule has 3 aromatic carbocycles. The zero-order chi connectivity index (χ0) is 18.2. The van der Waals surface area contributed by atoms with Crippen molar-refractivity contribution in [3.63, 3.8) is 0 Å². The van der Waals surface area contributed by atoms with E-state index < -0.39 is 4.92 Å². The zero-order valence-corrected chi connectivity index (χ0v) is 13.7. The molecule has 0 aliphatic heterocycles. The lowest BCUT2D eigenvalue weighted by Crippen LogP contribution is -2.00. The third kappa shape index (κ3) is 4.57. The highest BCUT2D eigenvalue weighted by Gasteiger charge is 2.05. The van der Waals surface area contributed by atoms with Gasteiger partial charge >= 0.3 is 0 Å². The largest absolute Gasteiger partial charge is 0.276 e. The fraction of sp³-hybridized carbons (Fsp3) is 0. The number of para-hydroxylation sites is 1. The maximum absolute atomic E-state index is 10.7. The van der Waals surface area contributed by atoms with Crippen molar-refractivity contribution in [1.29, 1.82) is 0 Å². The van der Waals surface area contributed by atoms with Crippen molar-refractivity contribution in [2.45, 2.75) is 0 Å². The van der Waals surface area contributed by atoms with E-state index in [0.717, 1.165) is 11.3 Å². The van der Waals surface area contributed by atoms with E-state index in [1.165, 1.54) is 24.3 Å². The minimum atomic E-state index is -0.457. The summed E-state index contributed by atoms with van der Waals surface area (Å²) < 4.78 is 0. The highest BCUT2D eigenvalue weighted by Crippen LogP contribution is 2.19. The summed E-state index contributed by atoms with van der Waals surface area (Å²) in [6.07, 6.45) is 0. The van der Waals surface area contributed by atoms with Crippen LogP contribution in [0.15, 0.2) is 100 Å². The minimum absolute atomic E-state index is 0.00615. The lowest BCUT2D eigenvalue weighted by Gasteiger charge is -2.03. The first-order chi connectivity index (χ1) is 12.7. The third-order valence-corrected chi connectivity index (χ3v) is 3.42. The molecule has 0 aliphatic carbocycles. The molecule has 0 heterocycles. The average molecular weight is 345 g/mol. The van der Waals surface area contributed by atoms with Crippen LogP contribution in [-0.2, 0) is 0 Å². The zero-order valence-electron chi connectivity index (χ0n) is 13.7. The Balaban J connectivity index is 1.84. The number of nitrogens with one attached hydrogen (secondary N) is 1. The van der Waals surface area contributed by atoms with Gasteiger partial charge in [0.05, 0.1) is 16.3 Å². The van der Waals surface area contributed by atoms with Crippen molar-refractivity contribution in [2.75, 3.05) is 5.43 Å². The first-order valence-electron chi connectivity index (χ1n) is 7.83. The van der Waals surface area contributed by atoms with Gasteiger partial charge in [-0.2, -0.15) is 5.10 Å². The second kappa shape index (κ2) is 8.29. The number of amidine groups is 1. The van der Waals surface area contributed by atoms with Crippen LogP contribution < -0.4 is 5.43 Å². The standard InChI is InChI=1S/C19H15N5O2/c25-24(26)18-13-11-17(12-14-18)21-23-19(15-7-3-1-4-8-15)22-20-16-9-5-2-6-10-16/h1-14,20H/b22-19-,23-21?. The quantitative estimate of drug-likeness (QED) is 0.228. The van der Waals surface area contributed by atoms with Gasteiger partial charge in [-0.3, -0.25) is 15.5 Å². The van der Waals surface area contributed by atoms with Gasteiger partial charge in [-0.05, 0) is 24.3 Å². The number of hydrogen-bond donors (Lipinski definition) is 1. The van der Waals surface area contributed by atoms with Crippen LogP contribution in [0, 0.1) is 10.1 Å².